The highest BCUT2D eigenvalue weighted by molar-refractivity contribution is 7.89. The van der Waals surface area contributed by atoms with E-state index in [1.807, 2.05) is 25.1 Å². The number of aryl methyl sites for hydroxylation is 1. The molecule has 0 aromatic heterocycles. The van der Waals surface area contributed by atoms with Crippen molar-refractivity contribution in [1.29, 1.82) is 0 Å². The fourth-order valence-corrected chi connectivity index (χ4v) is 2.87. The monoisotopic (exact) mass is 285 g/mol. The van der Waals surface area contributed by atoms with Crippen molar-refractivity contribution in [3.63, 3.8) is 0 Å². The van der Waals surface area contributed by atoms with Crippen LogP contribution in [0, 0.1) is 5.92 Å². The normalized spacial score (nSPS) is 13.4. The van der Waals surface area contributed by atoms with Gasteiger partial charge in [-0.15, -0.1) is 0 Å². The molecule has 1 aromatic carbocycles. The minimum Gasteiger partial charge on any atom is -0.381 e. The Hall–Kier alpha value is -0.910. The number of hydrogen-bond donors (Lipinski definition) is 1. The first-order valence-corrected chi connectivity index (χ1v) is 8.35. The number of rotatable bonds is 9. The minimum absolute atomic E-state index is 0.00217. The lowest BCUT2D eigenvalue weighted by Crippen LogP contribution is -2.25. The molecule has 0 amide bonds. The first kappa shape index (κ1) is 16.1. The second kappa shape index (κ2) is 8.30. The van der Waals surface area contributed by atoms with Crippen LogP contribution in [0.4, 0.5) is 0 Å². The number of ether oxygens (including phenoxy) is 1. The molecule has 0 aliphatic heterocycles. The Morgan fingerprint density at radius 1 is 1.26 bits per heavy atom. The van der Waals surface area contributed by atoms with Crippen molar-refractivity contribution in [2.24, 2.45) is 11.1 Å². The molecule has 19 heavy (non-hydrogen) atoms. The number of primary sulfonamides is 1. The molecule has 1 aromatic rings. The van der Waals surface area contributed by atoms with E-state index in [1.165, 1.54) is 5.56 Å². The van der Waals surface area contributed by atoms with Crippen LogP contribution in [0.5, 0.6) is 0 Å². The highest BCUT2D eigenvalue weighted by atomic mass is 32.2. The summed E-state index contributed by atoms with van der Waals surface area (Å²) in [5.74, 6) is -0.00549. The Kier molecular flexibility index (Phi) is 7.05. The van der Waals surface area contributed by atoms with Gasteiger partial charge in [0.05, 0.1) is 12.4 Å². The lowest BCUT2D eigenvalue weighted by Gasteiger charge is -2.13. The van der Waals surface area contributed by atoms with Crippen molar-refractivity contribution < 1.29 is 13.2 Å². The maximum Gasteiger partial charge on any atom is 0.209 e. The smallest absolute Gasteiger partial charge is 0.209 e. The molecule has 1 unspecified atom stereocenters. The zero-order valence-corrected chi connectivity index (χ0v) is 12.2. The van der Waals surface area contributed by atoms with Crippen molar-refractivity contribution in [2.75, 3.05) is 19.0 Å². The Morgan fingerprint density at radius 2 is 1.95 bits per heavy atom. The average Bonchev–Trinajstić information content (AvgIpc) is 2.37. The summed E-state index contributed by atoms with van der Waals surface area (Å²) < 4.78 is 27.5. The first-order valence-electron chi connectivity index (χ1n) is 6.63. The lowest BCUT2D eigenvalue weighted by molar-refractivity contribution is 0.102. The molecule has 0 aliphatic carbocycles. The van der Waals surface area contributed by atoms with Crippen LogP contribution in [0.3, 0.4) is 0 Å². The van der Waals surface area contributed by atoms with Crippen molar-refractivity contribution in [3.05, 3.63) is 35.9 Å². The predicted molar refractivity (Wildman–Crippen MR) is 77.3 cm³/mol. The number of nitrogens with two attached hydrogens (primary N) is 1. The number of sulfonamides is 1. The van der Waals surface area contributed by atoms with Gasteiger partial charge in [0.1, 0.15) is 0 Å². The van der Waals surface area contributed by atoms with Gasteiger partial charge in [-0.1, -0.05) is 43.7 Å². The third-order valence-corrected chi connectivity index (χ3v) is 3.93. The second-order valence-corrected chi connectivity index (χ2v) is 6.43. The molecule has 0 bridgehead atoms. The van der Waals surface area contributed by atoms with Crippen LogP contribution in [-0.4, -0.2) is 27.4 Å². The van der Waals surface area contributed by atoms with E-state index in [2.05, 4.69) is 12.1 Å². The van der Waals surface area contributed by atoms with Crippen LogP contribution < -0.4 is 5.14 Å². The minimum atomic E-state index is -3.40. The number of hydrogen-bond acceptors (Lipinski definition) is 3. The zero-order valence-electron chi connectivity index (χ0n) is 11.4. The lowest BCUT2D eigenvalue weighted by atomic mass is 10.1. The standard InChI is InChI=1S/C14H23NO3S/c1-2-13(12-19(15,16)17)11-18-10-6-9-14-7-4-3-5-8-14/h3-5,7-8,13H,2,6,9-12H2,1H3,(H2,15,16,17). The molecular formula is C14H23NO3S. The van der Waals surface area contributed by atoms with E-state index in [-0.39, 0.29) is 11.7 Å². The maximum absolute atomic E-state index is 11.0. The van der Waals surface area contributed by atoms with E-state index >= 15 is 0 Å². The van der Waals surface area contributed by atoms with Gasteiger partial charge >= 0.3 is 0 Å². The summed E-state index contributed by atoms with van der Waals surface area (Å²) in [5, 5.41) is 5.04. The zero-order chi connectivity index (χ0) is 14.1. The van der Waals surface area contributed by atoms with E-state index in [0.29, 0.717) is 13.2 Å². The Morgan fingerprint density at radius 3 is 2.53 bits per heavy atom. The molecule has 0 saturated carbocycles. The summed E-state index contributed by atoms with van der Waals surface area (Å²) in [5.41, 5.74) is 1.29. The van der Waals surface area contributed by atoms with Gasteiger partial charge < -0.3 is 4.74 Å². The van der Waals surface area contributed by atoms with Crippen LogP contribution in [-0.2, 0) is 21.2 Å². The topological polar surface area (TPSA) is 69.4 Å². The summed E-state index contributed by atoms with van der Waals surface area (Å²) >= 11 is 0. The first-order chi connectivity index (χ1) is 9.01. The molecule has 108 valence electrons. The highest BCUT2D eigenvalue weighted by Gasteiger charge is 2.13. The molecule has 2 N–H and O–H groups in total. The predicted octanol–water partition coefficient (Wildman–Crippen LogP) is 1.95. The van der Waals surface area contributed by atoms with Crippen molar-refractivity contribution in [1.82, 2.24) is 0 Å². The molecule has 0 aliphatic rings. The van der Waals surface area contributed by atoms with E-state index in [4.69, 9.17) is 9.88 Å². The Labute approximate surface area is 116 Å². The molecular weight excluding hydrogens is 262 g/mol. The number of benzene rings is 1. The van der Waals surface area contributed by atoms with Crippen LogP contribution in [0.1, 0.15) is 25.3 Å². The van der Waals surface area contributed by atoms with E-state index in [1.54, 1.807) is 0 Å². The van der Waals surface area contributed by atoms with Gasteiger partial charge in [0.25, 0.3) is 0 Å². The fourth-order valence-electron chi connectivity index (χ4n) is 1.89. The van der Waals surface area contributed by atoms with Crippen LogP contribution >= 0.6 is 0 Å². The quantitative estimate of drug-likeness (QED) is 0.705. The fraction of sp³-hybridized carbons (Fsp3) is 0.571. The van der Waals surface area contributed by atoms with Gasteiger partial charge in [0.2, 0.25) is 10.0 Å². The van der Waals surface area contributed by atoms with Gasteiger partial charge in [0.15, 0.2) is 0 Å². The third kappa shape index (κ3) is 7.97. The van der Waals surface area contributed by atoms with Gasteiger partial charge in [-0.05, 0) is 24.3 Å². The summed E-state index contributed by atoms with van der Waals surface area (Å²) in [6.07, 6.45) is 2.68. The van der Waals surface area contributed by atoms with Gasteiger partial charge in [0, 0.05) is 6.61 Å². The van der Waals surface area contributed by atoms with Crippen LogP contribution in [0.2, 0.25) is 0 Å². The largest absolute Gasteiger partial charge is 0.381 e. The third-order valence-electron chi connectivity index (χ3n) is 3.00. The van der Waals surface area contributed by atoms with Gasteiger partial charge in [-0.25, -0.2) is 13.6 Å². The maximum atomic E-state index is 11.0. The second-order valence-electron chi connectivity index (χ2n) is 4.77. The van der Waals surface area contributed by atoms with Crippen LogP contribution in [0.25, 0.3) is 0 Å². The summed E-state index contributed by atoms with van der Waals surface area (Å²) in [6.45, 7) is 3.06. The highest BCUT2D eigenvalue weighted by Crippen LogP contribution is 2.07. The van der Waals surface area contributed by atoms with Crippen molar-refractivity contribution in [2.45, 2.75) is 26.2 Å². The molecule has 0 radical (unpaired) electrons. The average molecular weight is 285 g/mol. The van der Waals surface area contributed by atoms with Gasteiger partial charge in [-0.3, -0.25) is 0 Å². The van der Waals surface area contributed by atoms with Crippen LogP contribution in [0.15, 0.2) is 30.3 Å². The molecule has 4 nitrogen and oxygen atoms in total. The Bertz CT molecular complexity index is 445. The van der Waals surface area contributed by atoms with E-state index < -0.39 is 10.0 Å². The molecule has 5 heteroatoms. The van der Waals surface area contributed by atoms with Crippen molar-refractivity contribution >= 4 is 10.0 Å². The molecule has 0 heterocycles. The van der Waals surface area contributed by atoms with Crippen molar-refractivity contribution in [3.8, 4) is 0 Å². The van der Waals surface area contributed by atoms with E-state index in [9.17, 15) is 8.42 Å². The molecule has 0 saturated heterocycles. The van der Waals surface area contributed by atoms with E-state index in [0.717, 1.165) is 19.3 Å². The Balaban J connectivity index is 2.16. The molecule has 0 fully saturated rings. The SMILES string of the molecule is CCC(COCCCc1ccccc1)CS(N)(=O)=O. The summed E-state index contributed by atoms with van der Waals surface area (Å²) in [6, 6.07) is 10.2. The van der Waals surface area contributed by atoms with Gasteiger partial charge in [-0.2, -0.15) is 0 Å². The molecule has 1 rings (SSSR count). The summed E-state index contributed by atoms with van der Waals surface area (Å²) in [7, 11) is -3.40. The summed E-state index contributed by atoms with van der Waals surface area (Å²) in [4.78, 5) is 0. The molecule has 1 atom stereocenters. The molecule has 0 spiro atoms.